The molecule has 2 heterocycles. The number of benzene rings is 2. The largest absolute Gasteiger partial charge is 0.379 e. The van der Waals surface area contributed by atoms with Crippen LogP contribution in [-0.4, -0.2) is 64.2 Å². The highest BCUT2D eigenvalue weighted by atomic mass is 35.5. The minimum Gasteiger partial charge on any atom is -0.379 e. The summed E-state index contributed by atoms with van der Waals surface area (Å²) in [6, 6.07) is 13.2. The van der Waals surface area contributed by atoms with E-state index in [-0.39, 0.29) is 5.69 Å². The van der Waals surface area contributed by atoms with E-state index in [0.717, 1.165) is 38.5 Å². The number of rotatable bonds is 9. The minimum absolute atomic E-state index is 0.00626. The maximum Gasteiger partial charge on any atom is 0.269 e. The average Bonchev–Trinajstić information content (AvgIpc) is 2.82. The van der Waals surface area contributed by atoms with Crippen LogP contribution in [0.15, 0.2) is 48.5 Å². The standard InChI is InChI=1S/C21H23ClN8O3/c22-15-1-3-16(4-2-15)24-20-26-19(23-9-10-29-11-13-33-14-12-29)27-21(28-20)25-17-5-7-18(8-6-17)30(31)32/h1-8H,9-14H2,(H3,23,24,25,26,27,28). The minimum atomic E-state index is -0.447. The van der Waals surface area contributed by atoms with Crippen molar-refractivity contribution in [2.24, 2.45) is 0 Å². The molecular weight excluding hydrogens is 448 g/mol. The Morgan fingerprint density at radius 1 is 0.909 bits per heavy atom. The first kappa shape index (κ1) is 22.6. The van der Waals surface area contributed by atoms with Crippen molar-refractivity contribution in [2.45, 2.75) is 0 Å². The molecule has 0 amide bonds. The molecule has 0 radical (unpaired) electrons. The summed E-state index contributed by atoms with van der Waals surface area (Å²) in [4.78, 5) is 26.1. The Hall–Kier alpha value is -3.54. The number of anilines is 5. The fourth-order valence-electron chi connectivity index (χ4n) is 3.18. The summed E-state index contributed by atoms with van der Waals surface area (Å²) in [5.41, 5.74) is 1.39. The number of ether oxygens (including phenoxy) is 1. The fourth-order valence-corrected chi connectivity index (χ4v) is 3.30. The van der Waals surface area contributed by atoms with Crippen molar-refractivity contribution in [1.82, 2.24) is 19.9 Å². The zero-order valence-corrected chi connectivity index (χ0v) is 18.5. The molecule has 3 N–H and O–H groups in total. The van der Waals surface area contributed by atoms with Gasteiger partial charge in [0.1, 0.15) is 0 Å². The van der Waals surface area contributed by atoms with Crippen molar-refractivity contribution < 1.29 is 9.66 Å². The molecule has 0 atom stereocenters. The van der Waals surface area contributed by atoms with Crippen LogP contribution in [0.3, 0.4) is 0 Å². The highest BCUT2D eigenvalue weighted by molar-refractivity contribution is 6.30. The molecule has 1 fully saturated rings. The van der Waals surface area contributed by atoms with E-state index < -0.39 is 4.92 Å². The molecule has 0 bridgehead atoms. The molecule has 1 aliphatic rings. The molecule has 11 nitrogen and oxygen atoms in total. The summed E-state index contributed by atoms with van der Waals surface area (Å²) < 4.78 is 5.38. The first-order valence-electron chi connectivity index (χ1n) is 10.4. The number of nitro groups is 1. The molecule has 0 unspecified atom stereocenters. The van der Waals surface area contributed by atoms with Gasteiger partial charge in [-0.3, -0.25) is 15.0 Å². The summed E-state index contributed by atoms with van der Waals surface area (Å²) in [6.45, 7) is 4.76. The van der Waals surface area contributed by atoms with Crippen molar-refractivity contribution in [3.8, 4) is 0 Å². The Labute approximate surface area is 195 Å². The molecule has 3 aromatic rings. The highest BCUT2D eigenvalue weighted by Crippen LogP contribution is 2.21. The van der Waals surface area contributed by atoms with Crippen LogP contribution in [0.25, 0.3) is 0 Å². The van der Waals surface area contributed by atoms with Gasteiger partial charge >= 0.3 is 0 Å². The van der Waals surface area contributed by atoms with E-state index >= 15 is 0 Å². The molecule has 33 heavy (non-hydrogen) atoms. The second-order valence-electron chi connectivity index (χ2n) is 7.25. The van der Waals surface area contributed by atoms with Crippen LogP contribution >= 0.6 is 11.6 Å². The SMILES string of the molecule is O=[N+]([O-])c1ccc(Nc2nc(NCCN3CCOCC3)nc(Nc3ccc(Cl)cc3)n2)cc1. The van der Waals surface area contributed by atoms with E-state index in [0.29, 0.717) is 35.1 Å². The maximum absolute atomic E-state index is 10.9. The Morgan fingerprint density at radius 2 is 1.45 bits per heavy atom. The van der Waals surface area contributed by atoms with Crippen molar-refractivity contribution in [3.63, 3.8) is 0 Å². The molecule has 0 spiro atoms. The monoisotopic (exact) mass is 470 g/mol. The van der Waals surface area contributed by atoms with Gasteiger partial charge in [-0.1, -0.05) is 11.6 Å². The van der Waals surface area contributed by atoms with Crippen molar-refractivity contribution >= 4 is 46.5 Å². The fraction of sp³-hybridized carbons (Fsp3) is 0.286. The van der Waals surface area contributed by atoms with Crippen molar-refractivity contribution in [1.29, 1.82) is 0 Å². The Morgan fingerprint density at radius 3 is 2.03 bits per heavy atom. The van der Waals surface area contributed by atoms with Crippen LogP contribution in [-0.2, 0) is 4.74 Å². The van der Waals surface area contributed by atoms with E-state index in [4.69, 9.17) is 16.3 Å². The number of nitrogens with zero attached hydrogens (tertiary/aromatic N) is 5. The lowest BCUT2D eigenvalue weighted by molar-refractivity contribution is -0.384. The van der Waals surface area contributed by atoms with E-state index in [1.54, 1.807) is 24.3 Å². The zero-order chi connectivity index (χ0) is 23.0. The van der Waals surface area contributed by atoms with Gasteiger partial charge in [-0.2, -0.15) is 15.0 Å². The van der Waals surface area contributed by atoms with Crippen LogP contribution in [0.4, 0.5) is 34.9 Å². The molecular formula is C21H23ClN8O3. The number of aromatic nitrogens is 3. The number of hydrogen-bond donors (Lipinski definition) is 3. The first-order chi connectivity index (χ1) is 16.0. The van der Waals surface area contributed by atoms with Gasteiger partial charge in [-0.05, 0) is 36.4 Å². The second-order valence-corrected chi connectivity index (χ2v) is 7.68. The average molecular weight is 471 g/mol. The van der Waals surface area contributed by atoms with Gasteiger partial charge in [0.15, 0.2) is 0 Å². The van der Waals surface area contributed by atoms with Gasteiger partial charge in [-0.15, -0.1) is 0 Å². The molecule has 1 saturated heterocycles. The summed E-state index contributed by atoms with van der Waals surface area (Å²) in [6.07, 6.45) is 0. The van der Waals surface area contributed by atoms with Gasteiger partial charge in [0.05, 0.1) is 18.1 Å². The lowest BCUT2D eigenvalue weighted by Gasteiger charge is -2.26. The lowest BCUT2D eigenvalue weighted by atomic mass is 10.3. The number of nitrogens with one attached hydrogen (secondary N) is 3. The molecule has 1 aliphatic heterocycles. The first-order valence-corrected chi connectivity index (χ1v) is 10.8. The molecule has 0 aliphatic carbocycles. The maximum atomic E-state index is 10.9. The van der Waals surface area contributed by atoms with E-state index in [2.05, 4.69) is 35.8 Å². The van der Waals surface area contributed by atoms with Gasteiger partial charge in [0.25, 0.3) is 5.69 Å². The molecule has 4 rings (SSSR count). The number of non-ortho nitro benzene ring substituents is 1. The molecule has 172 valence electrons. The Balaban J connectivity index is 1.49. The van der Waals surface area contributed by atoms with Crippen LogP contribution < -0.4 is 16.0 Å². The van der Waals surface area contributed by atoms with Gasteiger partial charge in [0.2, 0.25) is 17.8 Å². The predicted octanol–water partition coefficient (Wildman–Crippen LogP) is 3.66. The lowest BCUT2D eigenvalue weighted by Crippen LogP contribution is -2.39. The third-order valence-electron chi connectivity index (χ3n) is 4.88. The topological polar surface area (TPSA) is 130 Å². The molecule has 12 heteroatoms. The number of morpholine rings is 1. The van der Waals surface area contributed by atoms with Gasteiger partial charge in [-0.25, -0.2) is 0 Å². The van der Waals surface area contributed by atoms with Crippen LogP contribution in [0, 0.1) is 10.1 Å². The van der Waals surface area contributed by atoms with Crippen LogP contribution in [0.5, 0.6) is 0 Å². The number of nitro benzene ring substituents is 1. The third kappa shape index (κ3) is 6.72. The molecule has 2 aromatic carbocycles. The van der Waals surface area contributed by atoms with Crippen LogP contribution in [0.1, 0.15) is 0 Å². The van der Waals surface area contributed by atoms with E-state index in [9.17, 15) is 10.1 Å². The Kier molecular flexibility index (Phi) is 7.45. The Bertz CT molecular complexity index is 1080. The van der Waals surface area contributed by atoms with Gasteiger partial charge < -0.3 is 20.7 Å². The summed E-state index contributed by atoms with van der Waals surface area (Å²) >= 11 is 5.96. The van der Waals surface area contributed by atoms with Crippen molar-refractivity contribution in [2.75, 3.05) is 55.3 Å². The normalized spacial score (nSPS) is 14.0. The quantitative estimate of drug-likeness (QED) is 0.314. The summed E-state index contributed by atoms with van der Waals surface area (Å²) in [5, 5.41) is 21.0. The second kappa shape index (κ2) is 10.9. The van der Waals surface area contributed by atoms with Gasteiger partial charge in [0, 0.05) is 54.7 Å². The molecule has 0 saturated carbocycles. The van der Waals surface area contributed by atoms with Crippen molar-refractivity contribution in [3.05, 3.63) is 63.7 Å². The predicted molar refractivity (Wildman–Crippen MR) is 127 cm³/mol. The number of halogens is 1. The zero-order valence-electron chi connectivity index (χ0n) is 17.7. The molecule has 1 aromatic heterocycles. The van der Waals surface area contributed by atoms with E-state index in [1.165, 1.54) is 12.1 Å². The smallest absolute Gasteiger partial charge is 0.269 e. The van der Waals surface area contributed by atoms with E-state index in [1.807, 2.05) is 12.1 Å². The number of hydrogen-bond acceptors (Lipinski definition) is 10. The highest BCUT2D eigenvalue weighted by Gasteiger charge is 2.12. The summed E-state index contributed by atoms with van der Waals surface area (Å²) in [7, 11) is 0. The van der Waals surface area contributed by atoms with Crippen LogP contribution in [0.2, 0.25) is 5.02 Å². The summed E-state index contributed by atoms with van der Waals surface area (Å²) in [5.74, 6) is 1.04. The third-order valence-corrected chi connectivity index (χ3v) is 5.14.